The van der Waals surface area contributed by atoms with Crippen molar-refractivity contribution in [2.24, 2.45) is 22.1 Å². The molecular weight excluding hydrogens is 686 g/mol. The van der Waals surface area contributed by atoms with Gasteiger partial charge in [-0.1, -0.05) is 43.7 Å². The van der Waals surface area contributed by atoms with Crippen LogP contribution in [0.25, 0.3) is 0 Å². The first-order chi connectivity index (χ1) is 24.6. The molecule has 1 fully saturated rings. The Kier molecular flexibility index (Phi) is 10.3. The van der Waals surface area contributed by atoms with E-state index in [0.717, 1.165) is 62.3 Å². The zero-order valence-corrected chi connectivity index (χ0v) is 31.3. The Hall–Kier alpha value is -3.67. The summed E-state index contributed by atoms with van der Waals surface area (Å²) in [6, 6.07) is 11.6. The number of amides is 2. The van der Waals surface area contributed by atoms with Crippen molar-refractivity contribution in [3.8, 4) is 5.75 Å². The number of aryl methyl sites for hydroxylation is 2. The predicted molar refractivity (Wildman–Crippen MR) is 200 cm³/mol. The third kappa shape index (κ3) is 7.48. The number of hydrogen-bond acceptors (Lipinski definition) is 7. The Balaban J connectivity index is 1.29. The van der Waals surface area contributed by atoms with Crippen molar-refractivity contribution in [2.75, 3.05) is 37.5 Å². The highest BCUT2D eigenvalue weighted by atomic mass is 35.5. The van der Waals surface area contributed by atoms with Gasteiger partial charge in [-0.25, -0.2) is 4.21 Å². The fourth-order valence-electron chi connectivity index (χ4n) is 8.40. The number of nitrogens with zero attached hydrogens (tertiary/aromatic N) is 4. The summed E-state index contributed by atoms with van der Waals surface area (Å²) in [4.78, 5) is 29.8. The Labute approximate surface area is 306 Å². The molecule has 2 aromatic carbocycles. The minimum atomic E-state index is -3.53. The molecule has 10 nitrogen and oxygen atoms in total. The number of methoxy groups -OCH3 is 1. The number of hydrogen-bond donors (Lipinski definition) is 1. The lowest BCUT2D eigenvalue weighted by Gasteiger charge is -2.46. The van der Waals surface area contributed by atoms with Gasteiger partial charge in [0, 0.05) is 48.9 Å². The maximum Gasteiger partial charge on any atom is 0.286 e. The highest BCUT2D eigenvalue weighted by Crippen LogP contribution is 2.47. The second kappa shape index (κ2) is 14.8. The van der Waals surface area contributed by atoms with E-state index in [-0.39, 0.29) is 28.8 Å². The number of aromatic nitrogens is 2. The molecule has 0 saturated heterocycles. The Morgan fingerprint density at radius 1 is 1.22 bits per heavy atom. The molecule has 2 aliphatic heterocycles. The first-order valence-electron chi connectivity index (χ1n) is 18.2. The third-order valence-electron chi connectivity index (χ3n) is 11.1. The summed E-state index contributed by atoms with van der Waals surface area (Å²) in [6.07, 6.45) is 13.8. The molecule has 51 heavy (non-hydrogen) atoms. The SMILES string of the molecule is CCCn1cc(C(=O)NS2(=O)=NC(=O)c3ccc4c(c3)N(C[C@@H]3CC[C@H]3[C@@H](OC)/C=C/C[C@H](C)C2)C[C@@]2(CCCc3cc(Cl)ccc32)CO4)cn1. The van der Waals surface area contributed by atoms with Crippen molar-refractivity contribution >= 4 is 39.0 Å². The minimum Gasteiger partial charge on any atom is -0.490 e. The van der Waals surface area contributed by atoms with Crippen molar-refractivity contribution in [1.29, 1.82) is 0 Å². The van der Waals surface area contributed by atoms with Gasteiger partial charge >= 0.3 is 0 Å². The molecule has 2 bridgehead atoms. The van der Waals surface area contributed by atoms with Gasteiger partial charge in [-0.2, -0.15) is 5.10 Å². The Morgan fingerprint density at radius 2 is 2.08 bits per heavy atom. The van der Waals surface area contributed by atoms with Gasteiger partial charge in [-0.3, -0.25) is 19.0 Å². The number of nitrogens with one attached hydrogen (secondary N) is 1. The minimum absolute atomic E-state index is 0.00768. The van der Waals surface area contributed by atoms with Crippen LogP contribution in [0.5, 0.6) is 5.75 Å². The lowest BCUT2D eigenvalue weighted by atomic mass is 9.68. The normalized spacial score (nSPS) is 29.8. The summed E-state index contributed by atoms with van der Waals surface area (Å²) in [5.41, 5.74) is 3.67. The van der Waals surface area contributed by atoms with Gasteiger partial charge in [-0.15, -0.1) is 4.36 Å². The van der Waals surface area contributed by atoms with E-state index in [1.54, 1.807) is 24.1 Å². The van der Waals surface area contributed by atoms with Gasteiger partial charge in [0.15, 0.2) is 0 Å². The average Bonchev–Trinajstić information content (AvgIpc) is 3.50. The lowest BCUT2D eigenvalue weighted by Crippen LogP contribution is -2.49. The summed E-state index contributed by atoms with van der Waals surface area (Å²) in [5.74, 6) is 0.0824. The smallest absolute Gasteiger partial charge is 0.286 e. The maximum absolute atomic E-state index is 14.5. The molecule has 1 aromatic heterocycles. The molecule has 1 N–H and O–H groups in total. The average molecular weight is 734 g/mol. The van der Waals surface area contributed by atoms with Crippen LogP contribution in [0.3, 0.4) is 0 Å². The molecule has 12 heteroatoms. The number of allylic oxidation sites excluding steroid dienone is 1. The van der Waals surface area contributed by atoms with Crippen molar-refractivity contribution in [3.05, 3.63) is 88.2 Å². The van der Waals surface area contributed by atoms with Crippen molar-refractivity contribution < 1.29 is 23.3 Å². The van der Waals surface area contributed by atoms with Gasteiger partial charge in [0.25, 0.3) is 11.8 Å². The second-order valence-corrected chi connectivity index (χ2v) is 17.3. The molecule has 1 spiro atoms. The molecule has 4 aliphatic rings. The number of halogens is 1. The Bertz CT molecular complexity index is 1950. The molecule has 0 radical (unpaired) electrons. The first-order valence-corrected chi connectivity index (χ1v) is 20.3. The number of carbonyl (C=O) groups is 2. The standard InChI is InChI=1S/C39H48ClN5O5S/c1-4-17-45-22-30(20-41-45)38(47)43-51(48)23-26(2)7-5-9-35(49-3)32-13-10-29(32)21-44-24-39(16-6-8-27-18-31(40)12-14-33(27)39)25-50-36-15-11-28(19-34(36)44)37(46)42-51/h5,9,11-12,14-15,18-20,22,26,29,32,35H,4,6-8,10,13,16-17,21,23-25H2,1-3H3,(H,42,43,46,47,48)/b9-5+/t26-,29-,32+,35-,39-,51?/m0/s1. The van der Waals surface area contributed by atoms with Crippen LogP contribution in [0.15, 0.2) is 65.3 Å². The van der Waals surface area contributed by atoms with Gasteiger partial charge in [0.1, 0.15) is 15.7 Å². The molecular formula is C39H48ClN5O5S. The molecule has 6 atom stereocenters. The molecule has 1 saturated carbocycles. The van der Waals surface area contributed by atoms with Gasteiger partial charge in [-0.05, 0) is 104 Å². The van der Waals surface area contributed by atoms with Crippen LogP contribution in [-0.2, 0) is 33.0 Å². The van der Waals surface area contributed by atoms with E-state index in [9.17, 15) is 13.8 Å². The summed E-state index contributed by atoms with van der Waals surface area (Å²) in [6.45, 7) is 6.64. The molecule has 272 valence electrons. The van der Waals surface area contributed by atoms with Crippen molar-refractivity contribution in [1.82, 2.24) is 14.5 Å². The Morgan fingerprint density at radius 3 is 2.86 bits per heavy atom. The largest absolute Gasteiger partial charge is 0.490 e. The molecule has 2 aliphatic carbocycles. The quantitative estimate of drug-likeness (QED) is 0.281. The van der Waals surface area contributed by atoms with Gasteiger partial charge in [0.05, 0.1) is 35.9 Å². The van der Waals surface area contributed by atoms with E-state index in [1.807, 2.05) is 32.0 Å². The highest BCUT2D eigenvalue weighted by Gasteiger charge is 2.44. The van der Waals surface area contributed by atoms with Crippen LogP contribution in [0.4, 0.5) is 5.69 Å². The van der Waals surface area contributed by atoms with Crippen LogP contribution in [0.1, 0.15) is 84.2 Å². The van der Waals surface area contributed by atoms with Crippen LogP contribution in [0.2, 0.25) is 5.02 Å². The number of rotatable bonds is 5. The van der Waals surface area contributed by atoms with E-state index < -0.39 is 21.7 Å². The second-order valence-electron chi connectivity index (χ2n) is 14.9. The third-order valence-corrected chi connectivity index (χ3v) is 13.3. The van der Waals surface area contributed by atoms with Crippen LogP contribution in [-0.4, -0.2) is 64.5 Å². The molecule has 3 aromatic rings. The van der Waals surface area contributed by atoms with Gasteiger partial charge < -0.3 is 14.4 Å². The number of benzene rings is 2. The maximum atomic E-state index is 14.5. The zero-order valence-electron chi connectivity index (χ0n) is 29.7. The highest BCUT2D eigenvalue weighted by molar-refractivity contribution is 7.92. The van der Waals surface area contributed by atoms with Crippen LogP contribution in [0, 0.1) is 17.8 Å². The van der Waals surface area contributed by atoms with E-state index in [1.165, 1.54) is 17.3 Å². The topological polar surface area (TPSA) is 115 Å². The number of fused-ring (bicyclic) bond motifs is 4. The van der Waals surface area contributed by atoms with Crippen LogP contribution >= 0.6 is 11.6 Å². The van der Waals surface area contributed by atoms with Crippen molar-refractivity contribution in [2.45, 2.75) is 76.9 Å². The molecule has 2 amide bonds. The van der Waals surface area contributed by atoms with Gasteiger partial charge in [0.2, 0.25) is 0 Å². The van der Waals surface area contributed by atoms with Crippen molar-refractivity contribution in [3.63, 3.8) is 0 Å². The van der Waals surface area contributed by atoms with Crippen LogP contribution < -0.4 is 14.4 Å². The summed E-state index contributed by atoms with van der Waals surface area (Å²) >= 11 is 6.46. The number of anilines is 1. The first kappa shape index (κ1) is 35.7. The summed E-state index contributed by atoms with van der Waals surface area (Å²) in [5, 5.41) is 4.99. The lowest BCUT2D eigenvalue weighted by molar-refractivity contribution is 0.0131. The monoisotopic (exact) mass is 733 g/mol. The molecule has 3 heterocycles. The van der Waals surface area contributed by atoms with E-state index in [2.05, 4.69) is 43.4 Å². The molecule has 7 rings (SSSR count). The summed E-state index contributed by atoms with van der Waals surface area (Å²) < 4.78 is 35.8. The number of ether oxygens (including phenoxy) is 2. The van der Waals surface area contributed by atoms with E-state index >= 15 is 0 Å². The fraction of sp³-hybridized carbons (Fsp3) is 0.513. The zero-order chi connectivity index (χ0) is 35.8. The fourth-order valence-corrected chi connectivity index (χ4v) is 10.5. The number of carbonyl (C=O) groups excluding carboxylic acids is 2. The molecule has 1 unspecified atom stereocenters. The van der Waals surface area contributed by atoms with E-state index in [0.29, 0.717) is 42.7 Å². The summed E-state index contributed by atoms with van der Waals surface area (Å²) in [7, 11) is -1.76. The van der Waals surface area contributed by atoms with E-state index in [4.69, 9.17) is 21.1 Å². The predicted octanol–water partition coefficient (Wildman–Crippen LogP) is 7.01.